The van der Waals surface area contributed by atoms with E-state index in [4.69, 9.17) is 28.6 Å². The van der Waals surface area contributed by atoms with Gasteiger partial charge in [0.25, 0.3) is 5.56 Å². The number of unbranched alkanes of at least 4 members (excludes halogenated alkanes) is 2. The molecule has 5 nitrogen and oxygen atoms in total. The van der Waals surface area contributed by atoms with Crippen LogP contribution in [-0.2, 0) is 13.0 Å². The maximum absolute atomic E-state index is 12.5. The fraction of sp³-hybridized carbons (Fsp3) is 0.476. The van der Waals surface area contributed by atoms with Crippen molar-refractivity contribution in [1.29, 1.82) is 5.41 Å². The van der Waals surface area contributed by atoms with Gasteiger partial charge in [-0.3, -0.25) is 9.78 Å². The first kappa shape index (κ1) is 20.9. The summed E-state index contributed by atoms with van der Waals surface area (Å²) in [4.78, 5) is 19.7. The van der Waals surface area contributed by atoms with Crippen molar-refractivity contribution in [3.05, 3.63) is 55.4 Å². The van der Waals surface area contributed by atoms with Crippen molar-refractivity contribution >= 4 is 35.4 Å². The van der Waals surface area contributed by atoms with E-state index in [2.05, 4.69) is 15.3 Å². The van der Waals surface area contributed by atoms with E-state index in [1.54, 1.807) is 12.1 Å². The van der Waals surface area contributed by atoms with Gasteiger partial charge in [-0.1, -0.05) is 67.8 Å². The number of nitrogens with one attached hydrogen (secondary N) is 3. The van der Waals surface area contributed by atoms with E-state index >= 15 is 0 Å². The maximum Gasteiger partial charge on any atom is 0.256 e. The number of rotatable bonds is 10. The minimum Gasteiger partial charge on any atom is -0.352 e. The summed E-state index contributed by atoms with van der Waals surface area (Å²) in [6, 6.07) is 5.35. The highest BCUT2D eigenvalue weighted by atomic mass is 35.5. The predicted octanol–water partition coefficient (Wildman–Crippen LogP) is 5.59. The number of hydrogen-bond acceptors (Lipinski definition) is 4. The zero-order chi connectivity index (χ0) is 19.9. The largest absolute Gasteiger partial charge is 0.352 e. The Balaban J connectivity index is 1.56. The Labute approximate surface area is 175 Å². The molecular weight excluding hydrogens is 395 g/mol. The lowest BCUT2D eigenvalue weighted by Crippen LogP contribution is -2.20. The van der Waals surface area contributed by atoms with Gasteiger partial charge in [0.05, 0.1) is 15.7 Å². The van der Waals surface area contributed by atoms with Gasteiger partial charge in [0.1, 0.15) is 0 Å². The average Bonchev–Trinajstić information content (AvgIpc) is 2.64. The molecule has 2 aromatic rings. The van der Waals surface area contributed by atoms with Gasteiger partial charge < -0.3 is 10.7 Å². The third-order valence-electron chi connectivity index (χ3n) is 5.39. The van der Waals surface area contributed by atoms with Crippen LogP contribution in [0.3, 0.4) is 0 Å². The second-order valence-electron chi connectivity index (χ2n) is 7.42. The van der Waals surface area contributed by atoms with Crippen LogP contribution in [0.25, 0.3) is 0 Å². The molecule has 0 amide bonds. The van der Waals surface area contributed by atoms with Crippen molar-refractivity contribution in [2.24, 2.45) is 5.92 Å². The Bertz CT molecular complexity index is 877. The van der Waals surface area contributed by atoms with Crippen molar-refractivity contribution in [1.82, 2.24) is 9.97 Å². The molecule has 0 radical (unpaired) electrons. The van der Waals surface area contributed by atoms with Crippen LogP contribution in [-0.4, -0.2) is 16.2 Å². The quantitative estimate of drug-likeness (QED) is 0.346. The van der Waals surface area contributed by atoms with E-state index < -0.39 is 0 Å². The van der Waals surface area contributed by atoms with Gasteiger partial charge in [0.2, 0.25) is 5.95 Å². The van der Waals surface area contributed by atoms with Gasteiger partial charge in [-0.15, -0.1) is 0 Å². The number of aromatic amines is 1. The number of benzene rings is 1. The molecule has 0 atom stereocenters. The van der Waals surface area contributed by atoms with Gasteiger partial charge in [0.15, 0.2) is 0 Å². The number of nitrogens with zero attached hydrogens (tertiary/aromatic N) is 1. The van der Waals surface area contributed by atoms with Crippen LogP contribution in [0, 0.1) is 11.3 Å². The summed E-state index contributed by atoms with van der Waals surface area (Å²) in [5.74, 6) is 1.28. The van der Waals surface area contributed by atoms with E-state index in [0.717, 1.165) is 30.5 Å². The first-order valence-corrected chi connectivity index (χ1v) is 10.6. The Kier molecular flexibility index (Phi) is 7.51. The summed E-state index contributed by atoms with van der Waals surface area (Å²) in [6.45, 7) is 0.442. The third kappa shape index (κ3) is 5.58. The first-order chi connectivity index (χ1) is 13.6. The molecule has 0 bridgehead atoms. The Morgan fingerprint density at radius 3 is 2.71 bits per heavy atom. The van der Waals surface area contributed by atoms with Crippen molar-refractivity contribution in [3.8, 4) is 0 Å². The van der Waals surface area contributed by atoms with Crippen molar-refractivity contribution in [3.63, 3.8) is 0 Å². The van der Waals surface area contributed by atoms with Crippen LogP contribution in [0.15, 0.2) is 23.0 Å². The highest BCUT2D eigenvalue weighted by molar-refractivity contribution is 6.42. The second-order valence-corrected chi connectivity index (χ2v) is 8.24. The summed E-state index contributed by atoms with van der Waals surface area (Å²) in [5.41, 5.74) is 1.77. The van der Waals surface area contributed by atoms with E-state index in [9.17, 15) is 4.79 Å². The summed E-state index contributed by atoms with van der Waals surface area (Å²) >= 11 is 12.0. The molecule has 3 rings (SSSR count). The highest BCUT2D eigenvalue weighted by Gasteiger charge is 2.16. The van der Waals surface area contributed by atoms with E-state index in [1.165, 1.54) is 32.1 Å². The molecule has 0 aliphatic heterocycles. The molecular formula is C21H26Cl2N4O. The van der Waals surface area contributed by atoms with Gasteiger partial charge in [-0.2, -0.15) is 0 Å². The molecule has 0 spiro atoms. The van der Waals surface area contributed by atoms with E-state index in [1.807, 2.05) is 6.07 Å². The third-order valence-corrected chi connectivity index (χ3v) is 6.13. The van der Waals surface area contributed by atoms with Crippen LogP contribution in [0.2, 0.25) is 10.0 Å². The monoisotopic (exact) mass is 420 g/mol. The maximum atomic E-state index is 12.5. The molecule has 1 fully saturated rings. The van der Waals surface area contributed by atoms with Crippen molar-refractivity contribution < 1.29 is 0 Å². The summed E-state index contributed by atoms with van der Waals surface area (Å²) < 4.78 is 0. The number of aromatic nitrogens is 2. The Morgan fingerprint density at radius 1 is 1.21 bits per heavy atom. The molecule has 1 aromatic carbocycles. The SMILES string of the molecule is N=Cc1nc(NCc2ccc(Cl)c(Cl)c2)[nH]c(=O)c1CCCCCC1CCC1. The number of halogens is 2. The molecule has 0 unspecified atom stereocenters. The topological polar surface area (TPSA) is 81.6 Å². The predicted molar refractivity (Wildman–Crippen MR) is 116 cm³/mol. The van der Waals surface area contributed by atoms with Gasteiger partial charge in [0, 0.05) is 18.3 Å². The zero-order valence-corrected chi connectivity index (χ0v) is 17.4. The van der Waals surface area contributed by atoms with Gasteiger partial charge in [-0.05, 0) is 36.5 Å². The lowest BCUT2D eigenvalue weighted by atomic mass is 9.81. The van der Waals surface area contributed by atoms with Crippen LogP contribution in [0.5, 0.6) is 0 Å². The molecule has 1 heterocycles. The van der Waals surface area contributed by atoms with E-state index in [0.29, 0.717) is 40.2 Å². The number of anilines is 1. The Hall–Kier alpha value is -1.85. The zero-order valence-electron chi connectivity index (χ0n) is 15.9. The standard InChI is InChI=1S/C21H26Cl2N4O/c22-17-10-9-15(11-18(17)23)13-25-21-26-19(12-24)16(20(28)27-21)8-3-1-2-5-14-6-4-7-14/h9-12,14,24H,1-8,13H2,(H2,25,26,27,28). The average molecular weight is 421 g/mol. The molecule has 150 valence electrons. The molecule has 1 aliphatic carbocycles. The summed E-state index contributed by atoms with van der Waals surface area (Å²) in [7, 11) is 0. The molecule has 1 aromatic heterocycles. The minimum absolute atomic E-state index is 0.177. The van der Waals surface area contributed by atoms with E-state index in [-0.39, 0.29) is 5.56 Å². The van der Waals surface area contributed by atoms with Crippen molar-refractivity contribution in [2.75, 3.05) is 5.32 Å². The van der Waals surface area contributed by atoms with Crippen LogP contribution in [0.4, 0.5) is 5.95 Å². The smallest absolute Gasteiger partial charge is 0.256 e. The molecule has 7 heteroatoms. The Morgan fingerprint density at radius 2 is 2.04 bits per heavy atom. The van der Waals surface area contributed by atoms with Crippen molar-refractivity contribution in [2.45, 2.75) is 57.9 Å². The lowest BCUT2D eigenvalue weighted by Gasteiger charge is -2.24. The first-order valence-electron chi connectivity index (χ1n) is 9.88. The normalized spacial score (nSPS) is 13.9. The summed E-state index contributed by atoms with van der Waals surface area (Å²) in [5, 5.41) is 11.7. The van der Waals surface area contributed by atoms with Gasteiger partial charge in [-0.25, -0.2) is 4.98 Å². The van der Waals surface area contributed by atoms with Crippen LogP contribution < -0.4 is 10.9 Å². The molecule has 0 saturated heterocycles. The molecule has 1 saturated carbocycles. The van der Waals surface area contributed by atoms with Crippen LogP contribution >= 0.6 is 23.2 Å². The fourth-order valence-corrected chi connectivity index (χ4v) is 3.81. The highest BCUT2D eigenvalue weighted by Crippen LogP contribution is 2.31. The fourth-order valence-electron chi connectivity index (χ4n) is 3.49. The molecule has 28 heavy (non-hydrogen) atoms. The number of hydrogen-bond donors (Lipinski definition) is 3. The minimum atomic E-state index is -0.177. The number of H-pyrrole nitrogens is 1. The molecule has 1 aliphatic rings. The lowest BCUT2D eigenvalue weighted by molar-refractivity contribution is 0.286. The van der Waals surface area contributed by atoms with Gasteiger partial charge >= 0.3 is 0 Å². The second kappa shape index (κ2) is 10.1. The summed E-state index contributed by atoms with van der Waals surface area (Å²) in [6.07, 6.45) is 10.6. The molecule has 3 N–H and O–H groups in total. The van der Waals surface area contributed by atoms with Crippen LogP contribution in [0.1, 0.15) is 61.8 Å².